The molecular weight excluding hydrogens is 152 g/mol. The second-order valence-corrected chi connectivity index (χ2v) is 3.18. The summed E-state index contributed by atoms with van der Waals surface area (Å²) in [5.41, 5.74) is 5.63. The Kier molecular flexibility index (Phi) is 2.81. The van der Waals surface area contributed by atoms with Crippen LogP contribution in [0.1, 0.15) is 50.8 Å². The predicted molar refractivity (Wildman–Crippen MR) is 47.7 cm³/mol. The number of nitrogens with one attached hydrogen (secondary N) is 1. The van der Waals surface area contributed by atoms with Gasteiger partial charge in [-0.2, -0.15) is 5.10 Å². The minimum absolute atomic E-state index is 0.0599. The number of aromatic nitrogens is 3. The van der Waals surface area contributed by atoms with Gasteiger partial charge in [-0.15, -0.1) is 0 Å². The van der Waals surface area contributed by atoms with Crippen LogP contribution in [0.15, 0.2) is 0 Å². The number of hydrogen-bond donors (Lipinski definition) is 2. The molecule has 0 aliphatic carbocycles. The van der Waals surface area contributed by atoms with E-state index >= 15 is 0 Å². The standard InChI is InChI=1S/C8H16N4/c1-4-5(2)7-10-8(6(3)9)12-11-7/h5-6H,4,9H2,1-3H3,(H,10,11,12)/t5-,6+/m0/s1. The first-order chi connectivity index (χ1) is 5.65. The second kappa shape index (κ2) is 3.67. The molecule has 0 fully saturated rings. The SMILES string of the molecule is CC[C@H](C)c1n[nH]c([C@@H](C)N)n1. The molecule has 4 heteroatoms. The Hall–Kier alpha value is -0.900. The van der Waals surface area contributed by atoms with Crippen molar-refractivity contribution in [2.75, 3.05) is 0 Å². The molecule has 1 aromatic rings. The summed E-state index contributed by atoms with van der Waals surface area (Å²) in [4.78, 5) is 4.29. The molecule has 0 unspecified atom stereocenters. The van der Waals surface area contributed by atoms with Gasteiger partial charge in [0, 0.05) is 5.92 Å². The van der Waals surface area contributed by atoms with Crippen molar-refractivity contribution in [1.29, 1.82) is 0 Å². The molecule has 2 atom stereocenters. The minimum atomic E-state index is -0.0599. The number of rotatable bonds is 3. The smallest absolute Gasteiger partial charge is 0.153 e. The molecule has 1 aromatic heterocycles. The van der Waals surface area contributed by atoms with Crippen molar-refractivity contribution in [2.45, 2.75) is 39.2 Å². The zero-order valence-corrected chi connectivity index (χ0v) is 7.83. The molecule has 0 spiro atoms. The van der Waals surface area contributed by atoms with E-state index in [4.69, 9.17) is 5.73 Å². The van der Waals surface area contributed by atoms with Crippen LogP contribution < -0.4 is 5.73 Å². The fraction of sp³-hybridized carbons (Fsp3) is 0.750. The molecule has 0 amide bonds. The highest BCUT2D eigenvalue weighted by molar-refractivity contribution is 4.98. The maximum Gasteiger partial charge on any atom is 0.153 e. The third-order valence-corrected chi connectivity index (χ3v) is 2.00. The van der Waals surface area contributed by atoms with Gasteiger partial charge >= 0.3 is 0 Å². The maximum atomic E-state index is 5.63. The highest BCUT2D eigenvalue weighted by atomic mass is 15.2. The number of aromatic amines is 1. The lowest BCUT2D eigenvalue weighted by Gasteiger charge is -2.00. The van der Waals surface area contributed by atoms with Crippen molar-refractivity contribution in [3.05, 3.63) is 11.6 Å². The van der Waals surface area contributed by atoms with Crippen LogP contribution in [0.3, 0.4) is 0 Å². The highest BCUT2D eigenvalue weighted by Gasteiger charge is 2.11. The predicted octanol–water partition coefficient (Wildman–Crippen LogP) is 1.34. The van der Waals surface area contributed by atoms with Gasteiger partial charge in [0.15, 0.2) is 5.82 Å². The molecule has 3 N–H and O–H groups in total. The van der Waals surface area contributed by atoms with E-state index in [2.05, 4.69) is 29.0 Å². The van der Waals surface area contributed by atoms with Gasteiger partial charge in [-0.25, -0.2) is 4.98 Å². The Morgan fingerprint density at radius 2 is 2.17 bits per heavy atom. The Balaban J connectivity index is 2.77. The quantitative estimate of drug-likeness (QED) is 0.715. The van der Waals surface area contributed by atoms with Crippen LogP contribution in [0.5, 0.6) is 0 Å². The van der Waals surface area contributed by atoms with Crippen molar-refractivity contribution < 1.29 is 0 Å². The molecule has 12 heavy (non-hydrogen) atoms. The van der Waals surface area contributed by atoms with E-state index in [9.17, 15) is 0 Å². The normalized spacial score (nSPS) is 16.0. The summed E-state index contributed by atoms with van der Waals surface area (Å²) in [6.07, 6.45) is 1.05. The molecule has 0 bridgehead atoms. The van der Waals surface area contributed by atoms with Crippen molar-refractivity contribution in [1.82, 2.24) is 15.2 Å². The molecule has 1 heterocycles. The molecular formula is C8H16N4. The van der Waals surface area contributed by atoms with E-state index in [1.165, 1.54) is 0 Å². The van der Waals surface area contributed by atoms with Gasteiger partial charge < -0.3 is 5.73 Å². The fourth-order valence-electron chi connectivity index (χ4n) is 0.895. The van der Waals surface area contributed by atoms with Gasteiger partial charge in [-0.3, -0.25) is 5.10 Å². The van der Waals surface area contributed by atoms with Gasteiger partial charge in [0.25, 0.3) is 0 Å². The first-order valence-corrected chi connectivity index (χ1v) is 4.33. The summed E-state index contributed by atoms with van der Waals surface area (Å²) in [7, 11) is 0. The first kappa shape index (κ1) is 9.19. The van der Waals surface area contributed by atoms with E-state index in [0.29, 0.717) is 5.92 Å². The van der Waals surface area contributed by atoms with Crippen LogP contribution in [0.2, 0.25) is 0 Å². The van der Waals surface area contributed by atoms with E-state index in [-0.39, 0.29) is 6.04 Å². The van der Waals surface area contributed by atoms with Crippen molar-refractivity contribution >= 4 is 0 Å². The lowest BCUT2D eigenvalue weighted by atomic mass is 10.1. The van der Waals surface area contributed by atoms with Crippen LogP contribution in [0, 0.1) is 0 Å². The number of nitrogens with two attached hydrogens (primary N) is 1. The van der Waals surface area contributed by atoms with E-state index in [1.54, 1.807) is 0 Å². The first-order valence-electron chi connectivity index (χ1n) is 4.33. The summed E-state index contributed by atoms with van der Waals surface area (Å²) >= 11 is 0. The lowest BCUT2D eigenvalue weighted by molar-refractivity contribution is 0.680. The molecule has 4 nitrogen and oxygen atoms in total. The Bertz CT molecular complexity index is 241. The molecule has 0 saturated heterocycles. The Morgan fingerprint density at radius 1 is 1.50 bits per heavy atom. The van der Waals surface area contributed by atoms with Crippen molar-refractivity contribution in [3.8, 4) is 0 Å². The zero-order chi connectivity index (χ0) is 9.14. The van der Waals surface area contributed by atoms with Gasteiger partial charge in [0.1, 0.15) is 5.82 Å². The molecule has 0 radical (unpaired) electrons. The maximum absolute atomic E-state index is 5.63. The third kappa shape index (κ3) is 1.82. The average Bonchev–Trinajstić information content (AvgIpc) is 2.51. The van der Waals surface area contributed by atoms with Gasteiger partial charge in [0.2, 0.25) is 0 Å². The lowest BCUT2D eigenvalue weighted by Crippen LogP contribution is -2.07. The molecule has 0 aliphatic rings. The highest BCUT2D eigenvalue weighted by Crippen LogP contribution is 2.14. The van der Waals surface area contributed by atoms with Crippen LogP contribution in [0.25, 0.3) is 0 Å². The molecule has 68 valence electrons. The summed E-state index contributed by atoms with van der Waals surface area (Å²) in [5, 5.41) is 6.93. The van der Waals surface area contributed by atoms with E-state index < -0.39 is 0 Å². The molecule has 0 saturated carbocycles. The van der Waals surface area contributed by atoms with Crippen molar-refractivity contribution in [3.63, 3.8) is 0 Å². The third-order valence-electron chi connectivity index (χ3n) is 2.00. The summed E-state index contributed by atoms with van der Waals surface area (Å²) in [5.74, 6) is 2.05. The number of nitrogens with zero attached hydrogens (tertiary/aromatic N) is 2. The number of H-pyrrole nitrogens is 1. The summed E-state index contributed by atoms with van der Waals surface area (Å²) in [6.45, 7) is 6.11. The summed E-state index contributed by atoms with van der Waals surface area (Å²) < 4.78 is 0. The monoisotopic (exact) mass is 168 g/mol. The van der Waals surface area contributed by atoms with Crippen LogP contribution in [0.4, 0.5) is 0 Å². The minimum Gasteiger partial charge on any atom is -0.322 e. The van der Waals surface area contributed by atoms with Crippen LogP contribution in [-0.2, 0) is 0 Å². The van der Waals surface area contributed by atoms with E-state index in [1.807, 2.05) is 6.92 Å². The fourth-order valence-corrected chi connectivity index (χ4v) is 0.895. The molecule has 0 aliphatic heterocycles. The second-order valence-electron chi connectivity index (χ2n) is 3.18. The number of hydrogen-bond acceptors (Lipinski definition) is 3. The van der Waals surface area contributed by atoms with Gasteiger partial charge in [0.05, 0.1) is 6.04 Å². The van der Waals surface area contributed by atoms with Crippen molar-refractivity contribution in [2.24, 2.45) is 5.73 Å². The van der Waals surface area contributed by atoms with E-state index in [0.717, 1.165) is 18.1 Å². The van der Waals surface area contributed by atoms with Gasteiger partial charge in [-0.1, -0.05) is 13.8 Å². The largest absolute Gasteiger partial charge is 0.322 e. The topological polar surface area (TPSA) is 67.6 Å². The van der Waals surface area contributed by atoms with Crippen LogP contribution in [-0.4, -0.2) is 15.2 Å². The molecule has 1 rings (SSSR count). The molecule has 0 aromatic carbocycles. The summed E-state index contributed by atoms with van der Waals surface area (Å²) in [6, 6.07) is -0.0599. The Morgan fingerprint density at radius 3 is 2.58 bits per heavy atom. The average molecular weight is 168 g/mol. The Labute approximate surface area is 72.6 Å². The zero-order valence-electron chi connectivity index (χ0n) is 7.83. The van der Waals surface area contributed by atoms with Gasteiger partial charge in [-0.05, 0) is 13.3 Å². The van der Waals surface area contributed by atoms with Crippen LogP contribution >= 0.6 is 0 Å².